The lowest BCUT2D eigenvalue weighted by Gasteiger charge is -2.26. The number of hydrogen-bond acceptors (Lipinski definition) is 5. The van der Waals surface area contributed by atoms with Gasteiger partial charge >= 0.3 is 0 Å². The number of fused-ring (bicyclic) bond motifs is 1. The van der Waals surface area contributed by atoms with Gasteiger partial charge in [-0.15, -0.1) is 0 Å². The topological polar surface area (TPSA) is 73.9 Å². The largest absolute Gasteiger partial charge is 0.497 e. The summed E-state index contributed by atoms with van der Waals surface area (Å²) in [6.07, 6.45) is 3.42. The van der Waals surface area contributed by atoms with Crippen LogP contribution in [0.5, 0.6) is 23.0 Å². The molecule has 0 fully saturated rings. The Morgan fingerprint density at radius 2 is 1.61 bits per heavy atom. The summed E-state index contributed by atoms with van der Waals surface area (Å²) in [6, 6.07) is 10.4. The number of carbonyl (C=O) groups is 2. The number of Topliss-reactive ketones (excluding diaryl/α,β-unsaturated/α-hetero) is 1. The first-order valence-electron chi connectivity index (χ1n) is 9.46. The van der Waals surface area contributed by atoms with E-state index in [1.54, 1.807) is 43.5 Å². The van der Waals surface area contributed by atoms with E-state index in [0.29, 0.717) is 40.7 Å². The number of nitrogens with one attached hydrogen (secondary N) is 1. The van der Waals surface area contributed by atoms with Crippen molar-refractivity contribution in [2.24, 2.45) is 5.92 Å². The molecule has 148 valence electrons. The Balaban J connectivity index is 1.93. The van der Waals surface area contributed by atoms with Crippen molar-refractivity contribution < 1.29 is 23.8 Å². The molecule has 3 rings (SSSR count). The van der Waals surface area contributed by atoms with Gasteiger partial charge in [0, 0.05) is 11.6 Å². The summed E-state index contributed by atoms with van der Waals surface area (Å²) < 4.78 is 16.4. The molecule has 6 nitrogen and oxygen atoms in total. The molecule has 1 aliphatic rings. The first kappa shape index (κ1) is 19.7. The van der Waals surface area contributed by atoms with Gasteiger partial charge in [0.1, 0.15) is 23.2 Å². The van der Waals surface area contributed by atoms with Gasteiger partial charge in [0.2, 0.25) is 5.91 Å². The lowest BCUT2D eigenvalue weighted by Crippen LogP contribution is -2.35. The van der Waals surface area contributed by atoms with Gasteiger partial charge in [0.25, 0.3) is 0 Å². The smallest absolute Gasteiger partial charge is 0.235 e. The van der Waals surface area contributed by atoms with Gasteiger partial charge in [-0.05, 0) is 36.8 Å². The molecule has 0 aliphatic carbocycles. The number of benzene rings is 2. The minimum atomic E-state index is -0.667. The number of amides is 1. The molecule has 2 aromatic carbocycles. The van der Waals surface area contributed by atoms with E-state index in [1.165, 1.54) is 7.11 Å². The molecule has 0 saturated carbocycles. The molecule has 2 aromatic rings. The lowest BCUT2D eigenvalue weighted by molar-refractivity contribution is -0.119. The van der Waals surface area contributed by atoms with Gasteiger partial charge in [-0.25, -0.2) is 0 Å². The third-order valence-corrected chi connectivity index (χ3v) is 4.84. The van der Waals surface area contributed by atoms with Crippen LogP contribution in [0.1, 0.15) is 43.0 Å². The molecule has 1 N–H and O–H groups in total. The maximum Gasteiger partial charge on any atom is 0.235 e. The zero-order chi connectivity index (χ0) is 20.1. The van der Waals surface area contributed by atoms with Crippen LogP contribution in [0.3, 0.4) is 0 Å². The van der Waals surface area contributed by atoms with Crippen LogP contribution in [-0.2, 0) is 4.79 Å². The fraction of sp³-hybridized carbons (Fsp3) is 0.364. The highest BCUT2D eigenvalue weighted by Crippen LogP contribution is 2.41. The van der Waals surface area contributed by atoms with E-state index in [9.17, 15) is 9.59 Å². The van der Waals surface area contributed by atoms with Gasteiger partial charge in [-0.3, -0.25) is 9.59 Å². The van der Waals surface area contributed by atoms with E-state index in [1.807, 2.05) is 0 Å². The number of unbranched alkanes of at least 4 members (excludes halogenated alkanes) is 2. The molecule has 0 aromatic heterocycles. The maximum absolute atomic E-state index is 13.0. The van der Waals surface area contributed by atoms with Gasteiger partial charge < -0.3 is 19.5 Å². The standard InChI is InChI=1S/C22H25NO5/c1-4-5-6-7-17-21(24)18-12-16(27-3)13-19(20(18)23-22(17)25)28-15-10-8-14(26-2)9-11-15/h8-13,17H,4-7H2,1-3H3,(H,23,25)/t17-/m1/s1. The van der Waals surface area contributed by atoms with Gasteiger partial charge in [0.15, 0.2) is 11.5 Å². The first-order valence-corrected chi connectivity index (χ1v) is 9.46. The van der Waals surface area contributed by atoms with Crippen LogP contribution in [0.2, 0.25) is 0 Å². The average Bonchev–Trinajstić information content (AvgIpc) is 2.71. The van der Waals surface area contributed by atoms with Crippen molar-refractivity contribution in [2.45, 2.75) is 32.6 Å². The lowest BCUT2D eigenvalue weighted by atomic mass is 9.87. The molecule has 0 radical (unpaired) electrons. The third kappa shape index (κ3) is 4.11. The van der Waals surface area contributed by atoms with Gasteiger partial charge in [0.05, 0.1) is 19.9 Å². The number of carbonyl (C=O) groups excluding carboxylic acids is 2. The second-order valence-corrected chi connectivity index (χ2v) is 6.73. The average molecular weight is 383 g/mol. The molecule has 0 unspecified atom stereocenters. The van der Waals surface area contributed by atoms with Crippen molar-refractivity contribution >= 4 is 17.4 Å². The fourth-order valence-corrected chi connectivity index (χ4v) is 3.26. The monoisotopic (exact) mass is 383 g/mol. The van der Waals surface area contributed by atoms with E-state index in [0.717, 1.165) is 19.3 Å². The SMILES string of the molecule is CCCCC[C@H]1C(=O)Nc2c(Oc3ccc(OC)cc3)cc(OC)cc2C1=O. The van der Waals surface area contributed by atoms with Gasteiger partial charge in [-0.1, -0.05) is 26.2 Å². The molecular formula is C22H25NO5. The van der Waals surface area contributed by atoms with Crippen molar-refractivity contribution in [3.8, 4) is 23.0 Å². The Hall–Kier alpha value is -3.02. The zero-order valence-electron chi connectivity index (χ0n) is 16.4. The summed E-state index contributed by atoms with van der Waals surface area (Å²) in [4.78, 5) is 25.6. The summed E-state index contributed by atoms with van der Waals surface area (Å²) in [5.41, 5.74) is 0.808. The van der Waals surface area contributed by atoms with E-state index < -0.39 is 5.92 Å². The highest BCUT2D eigenvalue weighted by atomic mass is 16.5. The minimum Gasteiger partial charge on any atom is -0.497 e. The quantitative estimate of drug-likeness (QED) is 0.522. The van der Waals surface area contributed by atoms with Crippen LogP contribution in [-0.4, -0.2) is 25.9 Å². The fourth-order valence-electron chi connectivity index (χ4n) is 3.26. The predicted molar refractivity (Wildman–Crippen MR) is 107 cm³/mol. The normalized spacial score (nSPS) is 15.6. The van der Waals surface area contributed by atoms with E-state index in [4.69, 9.17) is 14.2 Å². The summed E-state index contributed by atoms with van der Waals surface area (Å²) >= 11 is 0. The summed E-state index contributed by atoms with van der Waals surface area (Å²) in [6.45, 7) is 2.09. The molecule has 0 spiro atoms. The number of rotatable bonds is 8. The van der Waals surface area contributed by atoms with Crippen LogP contribution in [0.4, 0.5) is 5.69 Å². The molecule has 1 aliphatic heterocycles. The second kappa shape index (κ2) is 8.78. The third-order valence-electron chi connectivity index (χ3n) is 4.84. The molecule has 28 heavy (non-hydrogen) atoms. The van der Waals surface area contributed by atoms with Crippen molar-refractivity contribution in [1.29, 1.82) is 0 Å². The zero-order valence-corrected chi connectivity index (χ0v) is 16.4. The summed E-state index contributed by atoms with van der Waals surface area (Å²) in [5.74, 6) is 1.00. The Morgan fingerprint density at radius 1 is 0.929 bits per heavy atom. The van der Waals surface area contributed by atoms with Crippen molar-refractivity contribution in [2.75, 3.05) is 19.5 Å². The molecule has 1 heterocycles. The van der Waals surface area contributed by atoms with Crippen LogP contribution in [0, 0.1) is 5.92 Å². The Labute approximate surface area is 164 Å². The van der Waals surface area contributed by atoms with Crippen molar-refractivity contribution in [3.63, 3.8) is 0 Å². The molecule has 6 heteroatoms. The van der Waals surface area contributed by atoms with Crippen LogP contribution < -0.4 is 19.5 Å². The number of ketones is 1. The van der Waals surface area contributed by atoms with E-state index in [2.05, 4.69) is 12.2 Å². The Kier molecular flexibility index (Phi) is 6.19. The van der Waals surface area contributed by atoms with Crippen molar-refractivity contribution in [3.05, 3.63) is 42.0 Å². The molecule has 0 saturated heterocycles. The summed E-state index contributed by atoms with van der Waals surface area (Å²) in [7, 11) is 3.12. The maximum atomic E-state index is 13.0. The Morgan fingerprint density at radius 3 is 2.25 bits per heavy atom. The molecule has 0 bridgehead atoms. The van der Waals surface area contributed by atoms with E-state index in [-0.39, 0.29) is 11.7 Å². The highest BCUT2D eigenvalue weighted by Gasteiger charge is 2.36. The van der Waals surface area contributed by atoms with Crippen LogP contribution in [0.15, 0.2) is 36.4 Å². The first-order chi connectivity index (χ1) is 13.6. The number of ether oxygens (including phenoxy) is 3. The van der Waals surface area contributed by atoms with Gasteiger partial charge in [-0.2, -0.15) is 0 Å². The number of anilines is 1. The number of methoxy groups -OCH3 is 2. The Bertz CT molecular complexity index is 860. The number of hydrogen-bond donors (Lipinski definition) is 1. The predicted octanol–water partition coefficient (Wildman–Crippen LogP) is 4.83. The molecular weight excluding hydrogens is 358 g/mol. The highest BCUT2D eigenvalue weighted by molar-refractivity contribution is 6.21. The minimum absolute atomic E-state index is 0.187. The van der Waals surface area contributed by atoms with Crippen molar-refractivity contribution in [1.82, 2.24) is 0 Å². The van der Waals surface area contributed by atoms with Crippen LogP contribution in [0.25, 0.3) is 0 Å². The second-order valence-electron chi connectivity index (χ2n) is 6.73. The molecule has 1 atom stereocenters. The van der Waals surface area contributed by atoms with E-state index >= 15 is 0 Å². The molecule has 1 amide bonds. The summed E-state index contributed by atoms with van der Waals surface area (Å²) in [5, 5.41) is 2.87. The van der Waals surface area contributed by atoms with Crippen LogP contribution >= 0.6 is 0 Å².